The third-order valence-electron chi connectivity index (χ3n) is 3.03. The first-order valence-corrected chi connectivity index (χ1v) is 5.57. The minimum atomic E-state index is 0.283. The number of hydrogen-bond acceptors (Lipinski definition) is 1. The van der Waals surface area contributed by atoms with E-state index in [1.807, 2.05) is 0 Å². The Bertz CT molecular complexity index is 352. The molecule has 1 unspecified atom stereocenters. The maximum atomic E-state index is 10.9. The third kappa shape index (κ3) is 3.50. The molecule has 0 amide bonds. The largest absolute Gasteiger partial charge is 0.300 e. The molecule has 0 aliphatic rings. The lowest BCUT2D eigenvalue weighted by molar-refractivity contribution is -0.117. The van der Waals surface area contributed by atoms with E-state index < -0.39 is 0 Å². The zero-order valence-corrected chi connectivity index (χ0v) is 10.1. The van der Waals surface area contributed by atoms with Gasteiger partial charge in [-0.15, -0.1) is 0 Å². The van der Waals surface area contributed by atoms with Crippen LogP contribution in [-0.4, -0.2) is 5.78 Å². The molecule has 0 heterocycles. The predicted octanol–water partition coefficient (Wildman–Crippen LogP) is 3.78. The van der Waals surface area contributed by atoms with Gasteiger partial charge in [-0.1, -0.05) is 25.1 Å². The Hall–Kier alpha value is -1.11. The summed E-state index contributed by atoms with van der Waals surface area (Å²) in [6.45, 7) is 8.11. The Morgan fingerprint density at radius 1 is 1.27 bits per heavy atom. The summed E-state index contributed by atoms with van der Waals surface area (Å²) in [5.41, 5.74) is 4.01. The molecule has 1 aromatic rings. The molecule has 0 bridgehead atoms. The van der Waals surface area contributed by atoms with Gasteiger partial charge in [0.15, 0.2) is 0 Å². The van der Waals surface area contributed by atoms with Crippen molar-refractivity contribution in [1.29, 1.82) is 0 Å². The smallest absolute Gasteiger partial charge is 0.129 e. The molecule has 0 saturated heterocycles. The van der Waals surface area contributed by atoms with E-state index in [1.165, 1.54) is 16.7 Å². The molecule has 0 spiro atoms. The average Bonchev–Trinajstić information content (AvgIpc) is 2.18. The van der Waals surface area contributed by atoms with Crippen LogP contribution in [0.25, 0.3) is 0 Å². The topological polar surface area (TPSA) is 17.1 Å². The predicted molar refractivity (Wildman–Crippen MR) is 64.2 cm³/mol. The van der Waals surface area contributed by atoms with Crippen molar-refractivity contribution >= 4 is 5.78 Å². The molecule has 1 rings (SSSR count). The summed E-state index contributed by atoms with van der Waals surface area (Å²) in [6, 6.07) is 6.57. The molecule has 1 nitrogen and oxygen atoms in total. The van der Waals surface area contributed by atoms with Crippen molar-refractivity contribution < 1.29 is 4.79 Å². The van der Waals surface area contributed by atoms with Crippen LogP contribution in [0.15, 0.2) is 18.2 Å². The standard InChI is InChI=1S/C14H20O/c1-10-6-8-14(9-12(10)3)11(2)5-7-13(4)15/h6,8-9,11H,5,7H2,1-4H3. The van der Waals surface area contributed by atoms with E-state index in [1.54, 1.807) is 6.92 Å². The van der Waals surface area contributed by atoms with E-state index in [9.17, 15) is 4.79 Å². The van der Waals surface area contributed by atoms with E-state index in [2.05, 4.69) is 39.0 Å². The maximum absolute atomic E-state index is 10.9. The summed E-state index contributed by atoms with van der Waals surface area (Å²) in [4.78, 5) is 10.9. The van der Waals surface area contributed by atoms with Gasteiger partial charge in [-0.2, -0.15) is 0 Å². The van der Waals surface area contributed by atoms with E-state index in [-0.39, 0.29) is 5.78 Å². The van der Waals surface area contributed by atoms with E-state index in [4.69, 9.17) is 0 Å². The Kier molecular flexibility index (Phi) is 4.07. The fourth-order valence-corrected chi connectivity index (χ4v) is 1.66. The van der Waals surface area contributed by atoms with Gasteiger partial charge in [-0.25, -0.2) is 0 Å². The molecule has 15 heavy (non-hydrogen) atoms. The molecule has 82 valence electrons. The van der Waals surface area contributed by atoms with Crippen LogP contribution in [0.2, 0.25) is 0 Å². The van der Waals surface area contributed by atoms with Crippen LogP contribution in [0.1, 0.15) is 49.3 Å². The first-order valence-electron chi connectivity index (χ1n) is 5.57. The fourth-order valence-electron chi connectivity index (χ4n) is 1.66. The first-order chi connectivity index (χ1) is 7.00. The van der Waals surface area contributed by atoms with Gasteiger partial charge >= 0.3 is 0 Å². The maximum Gasteiger partial charge on any atom is 0.129 e. The molecule has 1 atom stereocenters. The number of Topliss-reactive ketones (excluding diaryl/α,β-unsaturated/α-hetero) is 1. The highest BCUT2D eigenvalue weighted by molar-refractivity contribution is 5.75. The molecule has 0 fully saturated rings. The summed E-state index contributed by atoms with van der Waals surface area (Å²) in [5, 5.41) is 0. The molecule has 0 aromatic heterocycles. The monoisotopic (exact) mass is 204 g/mol. The van der Waals surface area contributed by atoms with Gasteiger partial charge in [0, 0.05) is 6.42 Å². The van der Waals surface area contributed by atoms with Gasteiger partial charge in [0.05, 0.1) is 0 Å². The highest BCUT2D eigenvalue weighted by atomic mass is 16.1. The Labute approximate surface area is 92.5 Å². The first kappa shape index (κ1) is 12.0. The lowest BCUT2D eigenvalue weighted by Crippen LogP contribution is -1.98. The van der Waals surface area contributed by atoms with Gasteiger partial charge in [-0.3, -0.25) is 0 Å². The zero-order valence-electron chi connectivity index (χ0n) is 10.1. The Balaban J connectivity index is 2.69. The molecule has 0 aliphatic heterocycles. The van der Waals surface area contributed by atoms with Crippen molar-refractivity contribution in [3.63, 3.8) is 0 Å². The van der Waals surface area contributed by atoms with Crippen LogP contribution < -0.4 is 0 Å². The number of aryl methyl sites for hydroxylation is 2. The second-order valence-corrected chi connectivity index (χ2v) is 4.49. The number of carbonyl (C=O) groups is 1. The van der Waals surface area contributed by atoms with Gasteiger partial charge < -0.3 is 4.79 Å². The van der Waals surface area contributed by atoms with Crippen molar-refractivity contribution in [2.45, 2.75) is 46.5 Å². The minimum Gasteiger partial charge on any atom is -0.300 e. The van der Waals surface area contributed by atoms with Crippen molar-refractivity contribution in [3.8, 4) is 0 Å². The summed E-state index contributed by atoms with van der Waals surface area (Å²) in [7, 11) is 0. The molecule has 0 N–H and O–H groups in total. The summed E-state index contributed by atoms with van der Waals surface area (Å²) < 4.78 is 0. The van der Waals surface area contributed by atoms with Crippen LogP contribution in [0.4, 0.5) is 0 Å². The highest BCUT2D eigenvalue weighted by Gasteiger charge is 2.07. The number of carbonyl (C=O) groups excluding carboxylic acids is 1. The zero-order chi connectivity index (χ0) is 11.4. The molecule has 0 radical (unpaired) electrons. The number of benzene rings is 1. The molecule has 0 aliphatic carbocycles. The quantitative estimate of drug-likeness (QED) is 0.729. The van der Waals surface area contributed by atoms with Crippen molar-refractivity contribution in [1.82, 2.24) is 0 Å². The minimum absolute atomic E-state index is 0.283. The molecule has 0 saturated carbocycles. The van der Waals surface area contributed by atoms with Crippen LogP contribution in [0.5, 0.6) is 0 Å². The summed E-state index contributed by atoms with van der Waals surface area (Å²) >= 11 is 0. The number of hydrogen-bond donors (Lipinski definition) is 0. The summed E-state index contributed by atoms with van der Waals surface area (Å²) in [5.74, 6) is 0.763. The lowest BCUT2D eigenvalue weighted by atomic mass is 9.93. The molecule has 1 aromatic carbocycles. The third-order valence-corrected chi connectivity index (χ3v) is 3.03. The molecular formula is C14H20O. The molecule has 1 heteroatoms. The van der Waals surface area contributed by atoms with Gasteiger partial charge in [0.1, 0.15) is 5.78 Å². The second-order valence-electron chi connectivity index (χ2n) is 4.49. The Morgan fingerprint density at radius 2 is 1.93 bits per heavy atom. The van der Waals surface area contributed by atoms with Crippen LogP contribution in [0.3, 0.4) is 0 Å². The van der Waals surface area contributed by atoms with Gasteiger partial charge in [0.25, 0.3) is 0 Å². The summed E-state index contributed by atoms with van der Waals surface area (Å²) in [6.07, 6.45) is 1.64. The average molecular weight is 204 g/mol. The van der Waals surface area contributed by atoms with Crippen LogP contribution >= 0.6 is 0 Å². The van der Waals surface area contributed by atoms with E-state index in [0.717, 1.165) is 6.42 Å². The van der Waals surface area contributed by atoms with Crippen molar-refractivity contribution in [3.05, 3.63) is 34.9 Å². The number of rotatable bonds is 4. The second kappa shape index (κ2) is 5.11. The lowest BCUT2D eigenvalue weighted by Gasteiger charge is -2.12. The number of ketones is 1. The SMILES string of the molecule is CC(=O)CCC(C)c1ccc(C)c(C)c1. The van der Waals surface area contributed by atoms with E-state index in [0.29, 0.717) is 12.3 Å². The van der Waals surface area contributed by atoms with Crippen LogP contribution in [-0.2, 0) is 4.79 Å². The van der Waals surface area contributed by atoms with Gasteiger partial charge in [-0.05, 0) is 49.8 Å². The highest BCUT2D eigenvalue weighted by Crippen LogP contribution is 2.22. The Morgan fingerprint density at radius 3 is 2.47 bits per heavy atom. The van der Waals surface area contributed by atoms with Crippen molar-refractivity contribution in [2.24, 2.45) is 0 Å². The van der Waals surface area contributed by atoms with Crippen molar-refractivity contribution in [2.75, 3.05) is 0 Å². The normalized spacial score (nSPS) is 12.5. The molecular weight excluding hydrogens is 184 g/mol. The van der Waals surface area contributed by atoms with E-state index >= 15 is 0 Å². The van der Waals surface area contributed by atoms with Gasteiger partial charge in [0.2, 0.25) is 0 Å². The fraction of sp³-hybridized carbons (Fsp3) is 0.500. The van der Waals surface area contributed by atoms with Crippen LogP contribution in [0, 0.1) is 13.8 Å².